The van der Waals surface area contributed by atoms with E-state index in [4.69, 9.17) is 4.74 Å². The van der Waals surface area contributed by atoms with Gasteiger partial charge in [-0.15, -0.1) is 0 Å². The summed E-state index contributed by atoms with van der Waals surface area (Å²) in [7, 11) is -1.48. The van der Waals surface area contributed by atoms with Crippen LogP contribution in [0.3, 0.4) is 0 Å². The minimum absolute atomic E-state index is 0. The van der Waals surface area contributed by atoms with Crippen molar-refractivity contribution in [3.8, 4) is 44.5 Å². The molecule has 2 aliphatic carbocycles. The van der Waals surface area contributed by atoms with Gasteiger partial charge in [-0.2, -0.15) is 27.0 Å². The van der Waals surface area contributed by atoms with Crippen molar-refractivity contribution in [3.63, 3.8) is 0 Å². The van der Waals surface area contributed by atoms with Crippen molar-refractivity contribution < 1.29 is 67.6 Å². The number of para-hydroxylation sites is 2. The van der Waals surface area contributed by atoms with Crippen molar-refractivity contribution in [2.45, 2.75) is 51.4 Å². The Morgan fingerprint density at radius 3 is 0.992 bits per heavy atom. The van der Waals surface area contributed by atoms with Crippen LogP contribution < -0.4 is 66.6 Å². The number of anilines is 6. The van der Waals surface area contributed by atoms with Crippen molar-refractivity contribution >= 4 is 225 Å². The van der Waals surface area contributed by atoms with E-state index in [1.54, 1.807) is 0 Å². The first-order valence-corrected chi connectivity index (χ1v) is 43.8. The van der Waals surface area contributed by atoms with Gasteiger partial charge in [0.2, 0.25) is 0 Å². The summed E-state index contributed by atoms with van der Waals surface area (Å²) in [6.45, 7) is 11.4. The fourth-order valence-corrected chi connectivity index (χ4v) is 19.7. The first-order chi connectivity index (χ1) is 57.0. The zero-order valence-electron chi connectivity index (χ0n) is 68.1. The van der Waals surface area contributed by atoms with Gasteiger partial charge in [0.05, 0.1) is 5.69 Å². The summed E-state index contributed by atoms with van der Waals surface area (Å²) in [4.78, 5) is 4.89. The summed E-state index contributed by atoms with van der Waals surface area (Å²) >= 11 is 16.5. The van der Waals surface area contributed by atoms with E-state index in [0.29, 0.717) is 5.46 Å². The first-order valence-electron chi connectivity index (χ1n) is 39.5. The average Bonchev–Trinajstić information content (AvgIpc) is 1.64. The number of halogens is 5. The van der Waals surface area contributed by atoms with Crippen molar-refractivity contribution in [2.75, 3.05) is 23.0 Å². The molecule has 0 saturated carbocycles. The van der Waals surface area contributed by atoms with Crippen LogP contribution in [0.25, 0.3) is 109 Å². The molecule has 0 spiro atoms. The van der Waals surface area contributed by atoms with Gasteiger partial charge in [0.25, 0.3) is 0 Å². The van der Waals surface area contributed by atoms with E-state index in [9.17, 15) is 10.0 Å². The summed E-state index contributed by atoms with van der Waals surface area (Å²) in [5.74, 6) is 0. The second-order valence-corrected chi connectivity index (χ2v) is 35.4. The fourth-order valence-electron chi connectivity index (χ4n) is 17.4. The topological polar surface area (TPSA) is 56.2 Å². The maximum atomic E-state index is 9.65. The summed E-state index contributed by atoms with van der Waals surface area (Å²) in [6, 6.07) is 130. The van der Waals surface area contributed by atoms with E-state index in [-0.39, 0.29) is 90.6 Å². The van der Waals surface area contributed by atoms with E-state index >= 15 is 0 Å². The molecule has 21 rings (SSSR count). The van der Waals surface area contributed by atoms with Crippen LogP contribution in [0.2, 0.25) is 0 Å². The SMILES string of the molecule is Brc1ccc(-c2c3ccccc3c(Br)c3ccccc23)cc1.Brc1ccc(I)cc1.C1CCOC1.CC1(C)c2ccccc2-c2ccc(N(c3ccccc3)c3ccc(-c4c5ccccc5c(N(c5ccccc5)c5ccc6c(c5)C(C)(C)c5ccccc5-6)c5ccccc45)cc3)cc21.OB(O)c1c2ccccc2c(Br)c2ccccc12.S.S.[H-].[K+]. The second-order valence-electron chi connectivity index (χ2n) is 30.7. The van der Waals surface area contributed by atoms with E-state index in [1.165, 1.54) is 136 Å². The van der Waals surface area contributed by atoms with Gasteiger partial charge in [-0.3, -0.25) is 0 Å². The number of fused-ring (bicyclic) bond motifs is 12. The maximum absolute atomic E-state index is 9.65. The minimum atomic E-state index is -1.48. The Labute approximate surface area is 808 Å². The summed E-state index contributed by atoms with van der Waals surface area (Å²) in [6.07, 6.45) is 2.56. The largest absolute Gasteiger partial charge is 1.00 e. The molecule has 1 aliphatic heterocycles. The van der Waals surface area contributed by atoms with E-state index in [1.807, 2.05) is 60.7 Å². The molecule has 2 N–H and O–H groups in total. The first kappa shape index (κ1) is 88.4. The quantitative estimate of drug-likeness (QED) is 0.0857. The number of rotatable bonds is 9. The molecule has 1 fully saturated rings. The Balaban J connectivity index is 0.000000178. The molecule has 5 nitrogen and oxygen atoms in total. The molecule has 0 radical (unpaired) electrons. The molecule has 18 aromatic rings. The summed E-state index contributed by atoms with van der Waals surface area (Å²) in [5.41, 5.74) is 23.0. The van der Waals surface area contributed by atoms with Gasteiger partial charge >= 0.3 is 58.5 Å². The van der Waals surface area contributed by atoms with Crippen LogP contribution in [0.1, 0.15) is 64.2 Å². The molecular formula is C106H87BBr4IKN2O3S2. The molecular weight excluding hydrogens is 1910 g/mol. The predicted octanol–water partition coefficient (Wildman–Crippen LogP) is 28.0. The molecule has 0 atom stereocenters. The molecule has 120 heavy (non-hydrogen) atoms. The van der Waals surface area contributed by atoms with Gasteiger partial charge < -0.3 is 26.0 Å². The number of benzene rings is 18. The molecule has 18 aromatic carbocycles. The smallest absolute Gasteiger partial charge is 1.00 e. The van der Waals surface area contributed by atoms with Crippen molar-refractivity contribution in [1.29, 1.82) is 0 Å². The van der Waals surface area contributed by atoms with E-state index in [0.717, 1.165) is 76.6 Å². The third kappa shape index (κ3) is 17.6. The van der Waals surface area contributed by atoms with Crippen LogP contribution >= 0.6 is 113 Å². The summed E-state index contributed by atoms with van der Waals surface area (Å²) < 4.78 is 10.6. The van der Waals surface area contributed by atoms with Crippen LogP contribution in [0.15, 0.2) is 382 Å². The van der Waals surface area contributed by atoms with Gasteiger partial charge in [-0.05, 0) is 290 Å². The minimum Gasteiger partial charge on any atom is -1.00 e. The monoisotopic (exact) mass is 1990 g/mol. The van der Waals surface area contributed by atoms with E-state index < -0.39 is 7.12 Å². The molecule has 14 heteroatoms. The molecule has 0 unspecified atom stereocenters. The zero-order valence-corrected chi connectivity index (χ0v) is 80.8. The molecule has 0 aromatic heterocycles. The second kappa shape index (κ2) is 38.9. The zero-order chi connectivity index (χ0) is 80.5. The van der Waals surface area contributed by atoms with Crippen LogP contribution in [0.5, 0.6) is 0 Å². The Kier molecular flexibility index (Phi) is 28.6. The molecule has 590 valence electrons. The van der Waals surface area contributed by atoms with Crippen molar-refractivity contribution in [3.05, 3.63) is 408 Å². The molecule has 1 heterocycles. The van der Waals surface area contributed by atoms with Gasteiger partial charge in [-0.25, -0.2) is 0 Å². The number of nitrogens with zero attached hydrogens (tertiary/aromatic N) is 2. The van der Waals surface area contributed by atoms with Gasteiger partial charge in [0, 0.05) is 84.7 Å². The standard InChI is InChI=1S/C62H48N2.C20H12Br2.C14H10BBrO2.C6H4BrI.C4H8O.K.2H2S.H/c1-61(2)55-29-17-15-23-47(55)49-37-35-45(39-57(49)61)63(42-19-7-5-8-20-42)44-33-31-41(32-34-44)59-51-25-11-13-27-53(51)60(54-28-14-12-26-52(54)59)64(43-21-9-6-10-22-43)46-36-38-50-48-24-16-18-30-56(48)62(3,4)58(50)40-46;21-14-11-9-13(10-12-14)19-15-5-1-3-7-17(15)20(22)18-8-4-2-6-16(18)19;16-14-11-7-3-1-5-9(11)13(15(17)18)10-6-2-4-8-12(10)14;7-5-1-3-6(8)4-2-5;1-2-4-5-3-1;;;;/h5-40H,1-4H3;1-12H;1-8,17-18H;1-4H;1-4H2;;2*1H2;/q;;;;;+1;;;-1. The van der Waals surface area contributed by atoms with Crippen LogP contribution in [-0.4, -0.2) is 30.4 Å². The third-order valence-electron chi connectivity index (χ3n) is 23.0. The van der Waals surface area contributed by atoms with Gasteiger partial charge in [-0.1, -0.05) is 326 Å². The van der Waals surface area contributed by atoms with Gasteiger partial charge in [0.1, 0.15) is 0 Å². The average molecular weight is 2000 g/mol. The Morgan fingerprint density at radius 2 is 0.608 bits per heavy atom. The number of ether oxygens (including phenoxy) is 1. The maximum Gasteiger partial charge on any atom is 1.00 e. The van der Waals surface area contributed by atoms with Crippen LogP contribution in [-0.2, 0) is 15.6 Å². The van der Waals surface area contributed by atoms with Crippen LogP contribution in [0, 0.1) is 3.57 Å². The summed E-state index contributed by atoms with van der Waals surface area (Å²) in [5, 5.41) is 32.9. The molecule has 0 bridgehead atoms. The number of hydrogen-bond acceptors (Lipinski definition) is 5. The predicted molar refractivity (Wildman–Crippen MR) is 541 cm³/mol. The molecule has 0 amide bonds. The fraction of sp³-hybridized carbons (Fsp3) is 0.0943. The van der Waals surface area contributed by atoms with E-state index in [2.05, 4.69) is 427 Å². The van der Waals surface area contributed by atoms with Crippen molar-refractivity contribution in [2.24, 2.45) is 0 Å². The Morgan fingerprint density at radius 1 is 0.317 bits per heavy atom. The molecule has 3 aliphatic rings. The normalized spacial score (nSPS) is 12.7. The molecule has 1 saturated heterocycles. The third-order valence-corrected chi connectivity index (χ3v) is 26.5. The Hall–Kier alpha value is -7.95. The van der Waals surface area contributed by atoms with Gasteiger partial charge in [0.15, 0.2) is 0 Å². The Bertz CT molecular complexity index is 6550. The van der Waals surface area contributed by atoms with Crippen molar-refractivity contribution in [1.82, 2.24) is 0 Å². The number of hydrogen-bond donors (Lipinski definition) is 2. The van der Waals surface area contributed by atoms with Crippen LogP contribution in [0.4, 0.5) is 34.1 Å².